The number of rotatable bonds is 8. The Kier molecular flexibility index (Phi) is 6.59. The first kappa shape index (κ1) is 23.2. The van der Waals surface area contributed by atoms with E-state index in [9.17, 15) is 33.2 Å². The zero-order valence-corrected chi connectivity index (χ0v) is 17.8. The van der Waals surface area contributed by atoms with Crippen molar-refractivity contribution in [1.29, 1.82) is 0 Å². The number of nitro groups is 1. The second-order valence-electron chi connectivity index (χ2n) is 6.63. The summed E-state index contributed by atoms with van der Waals surface area (Å²) in [6.07, 6.45) is 0. The number of nitrogens with zero attached hydrogens (tertiary/aromatic N) is 1. The molecule has 0 aliphatic heterocycles. The number of carbonyl (C=O) groups excluding carboxylic acids is 1. The number of carboxylic acids is 1. The van der Waals surface area contributed by atoms with Crippen LogP contribution in [0.4, 0.5) is 17.1 Å². The average Bonchev–Trinajstić information content (AvgIpc) is 2.75. The second-order valence-corrected chi connectivity index (χ2v) is 8.28. The molecule has 3 aromatic carbocycles. The number of para-hydroxylation sites is 3. The van der Waals surface area contributed by atoms with E-state index in [0.717, 1.165) is 6.07 Å². The van der Waals surface area contributed by atoms with Crippen molar-refractivity contribution in [2.45, 2.75) is 11.8 Å². The molecule has 170 valence electrons. The highest BCUT2D eigenvalue weighted by atomic mass is 32.2. The normalized spacial score (nSPS) is 10.8. The van der Waals surface area contributed by atoms with Gasteiger partial charge in [0.05, 0.1) is 21.9 Å². The first-order valence-electron chi connectivity index (χ1n) is 9.26. The van der Waals surface area contributed by atoms with Crippen molar-refractivity contribution >= 4 is 39.0 Å². The molecule has 0 unspecified atom stereocenters. The molecule has 33 heavy (non-hydrogen) atoms. The Balaban J connectivity index is 2.20. The molecule has 0 saturated carbocycles. The molecule has 0 aliphatic rings. The maximum Gasteiger partial charge on any atom is 0.335 e. The Morgan fingerprint density at radius 1 is 1.00 bits per heavy atom. The minimum absolute atomic E-state index is 0.0401. The van der Waals surface area contributed by atoms with E-state index in [2.05, 4.69) is 10.0 Å². The lowest BCUT2D eigenvalue weighted by atomic mass is 10.2. The van der Waals surface area contributed by atoms with E-state index in [1.807, 2.05) is 0 Å². The summed E-state index contributed by atoms with van der Waals surface area (Å²) < 4.78 is 34.3. The average molecular weight is 471 g/mol. The first-order chi connectivity index (χ1) is 15.6. The van der Waals surface area contributed by atoms with E-state index in [4.69, 9.17) is 4.74 Å². The zero-order chi connectivity index (χ0) is 24.2. The van der Waals surface area contributed by atoms with Crippen LogP contribution in [0.15, 0.2) is 71.6 Å². The molecule has 0 aromatic heterocycles. The summed E-state index contributed by atoms with van der Waals surface area (Å²) in [6, 6.07) is 15.0. The van der Waals surface area contributed by atoms with Crippen LogP contribution in [-0.4, -0.2) is 30.3 Å². The van der Waals surface area contributed by atoms with Gasteiger partial charge in [-0.3, -0.25) is 19.6 Å². The van der Waals surface area contributed by atoms with Gasteiger partial charge in [-0.2, -0.15) is 0 Å². The fourth-order valence-electron chi connectivity index (χ4n) is 2.83. The standard InChI is InChI=1S/C21H17N3O8S/c1-13(25)22-16-9-5-6-10-17(16)23-33(30,31)19-12-14(21(26)27)11-18(24(28)29)20(19)32-15-7-3-2-4-8-15/h2-12,23H,1H3,(H,22,25)(H,26,27). The molecular formula is C21H17N3O8S. The van der Waals surface area contributed by atoms with Gasteiger partial charge in [0.2, 0.25) is 11.7 Å². The highest BCUT2D eigenvalue weighted by Crippen LogP contribution is 2.40. The van der Waals surface area contributed by atoms with Crippen LogP contribution in [0.3, 0.4) is 0 Å². The minimum Gasteiger partial charge on any atom is -0.478 e. The Morgan fingerprint density at radius 2 is 1.61 bits per heavy atom. The van der Waals surface area contributed by atoms with Crippen molar-refractivity contribution in [3.8, 4) is 11.5 Å². The first-order valence-corrected chi connectivity index (χ1v) is 10.7. The van der Waals surface area contributed by atoms with Crippen molar-refractivity contribution < 1.29 is 32.8 Å². The largest absolute Gasteiger partial charge is 0.478 e. The van der Waals surface area contributed by atoms with Gasteiger partial charge in [0.15, 0.2) is 0 Å². The highest BCUT2D eigenvalue weighted by molar-refractivity contribution is 7.92. The summed E-state index contributed by atoms with van der Waals surface area (Å²) in [5, 5.41) is 23.5. The van der Waals surface area contributed by atoms with Crippen LogP contribution in [0.5, 0.6) is 11.5 Å². The summed E-state index contributed by atoms with van der Waals surface area (Å²) in [5.74, 6) is -2.60. The molecule has 12 heteroatoms. The molecular weight excluding hydrogens is 454 g/mol. The molecule has 1 amide bonds. The van der Waals surface area contributed by atoms with Gasteiger partial charge in [-0.25, -0.2) is 13.2 Å². The van der Waals surface area contributed by atoms with Crippen LogP contribution in [0.1, 0.15) is 17.3 Å². The molecule has 0 atom stereocenters. The van der Waals surface area contributed by atoms with E-state index >= 15 is 0 Å². The molecule has 0 aliphatic carbocycles. The molecule has 0 heterocycles. The van der Waals surface area contributed by atoms with E-state index in [1.54, 1.807) is 24.3 Å². The van der Waals surface area contributed by atoms with Crippen molar-refractivity contribution in [2.75, 3.05) is 10.0 Å². The van der Waals surface area contributed by atoms with Crippen molar-refractivity contribution in [3.05, 3.63) is 82.4 Å². The predicted octanol–water partition coefficient (Wildman–Crippen LogP) is 3.84. The number of nitro benzene ring substituents is 1. The van der Waals surface area contributed by atoms with E-state index < -0.39 is 48.7 Å². The number of ether oxygens (including phenoxy) is 1. The SMILES string of the molecule is CC(=O)Nc1ccccc1NS(=O)(=O)c1cc(C(=O)O)cc([N+](=O)[O-])c1Oc1ccccc1. The molecule has 0 fully saturated rings. The monoisotopic (exact) mass is 471 g/mol. The number of anilines is 2. The fraction of sp³-hybridized carbons (Fsp3) is 0.0476. The molecule has 3 N–H and O–H groups in total. The quantitative estimate of drug-likeness (QED) is 0.329. The van der Waals surface area contributed by atoms with Crippen molar-refractivity contribution in [1.82, 2.24) is 0 Å². The Morgan fingerprint density at radius 3 is 2.18 bits per heavy atom. The molecule has 3 rings (SSSR count). The van der Waals surface area contributed by atoms with Gasteiger partial charge in [0.25, 0.3) is 10.0 Å². The molecule has 3 aromatic rings. The van der Waals surface area contributed by atoms with Gasteiger partial charge >= 0.3 is 11.7 Å². The van der Waals surface area contributed by atoms with E-state index in [-0.39, 0.29) is 17.1 Å². The predicted molar refractivity (Wildman–Crippen MR) is 118 cm³/mol. The number of benzene rings is 3. The van der Waals surface area contributed by atoms with Crippen LogP contribution < -0.4 is 14.8 Å². The number of hydrogen-bond donors (Lipinski definition) is 3. The van der Waals surface area contributed by atoms with Gasteiger partial charge in [-0.1, -0.05) is 30.3 Å². The summed E-state index contributed by atoms with van der Waals surface area (Å²) >= 11 is 0. The lowest BCUT2D eigenvalue weighted by Crippen LogP contribution is -2.17. The molecule has 0 radical (unpaired) electrons. The lowest BCUT2D eigenvalue weighted by molar-refractivity contribution is -0.385. The van der Waals surface area contributed by atoms with E-state index in [1.165, 1.54) is 37.3 Å². The topological polar surface area (TPSA) is 165 Å². The lowest BCUT2D eigenvalue weighted by Gasteiger charge is -2.16. The number of carbonyl (C=O) groups is 2. The van der Waals surface area contributed by atoms with E-state index in [0.29, 0.717) is 6.07 Å². The van der Waals surface area contributed by atoms with Gasteiger partial charge in [0, 0.05) is 13.0 Å². The summed E-state index contributed by atoms with van der Waals surface area (Å²) in [7, 11) is -4.63. The van der Waals surface area contributed by atoms with Crippen LogP contribution in [0.2, 0.25) is 0 Å². The zero-order valence-electron chi connectivity index (χ0n) is 17.0. The van der Waals surface area contributed by atoms with Crippen LogP contribution >= 0.6 is 0 Å². The van der Waals surface area contributed by atoms with Crippen molar-refractivity contribution in [2.24, 2.45) is 0 Å². The number of sulfonamides is 1. The molecule has 0 bridgehead atoms. The number of hydrogen-bond acceptors (Lipinski definition) is 7. The third kappa shape index (κ3) is 5.43. The van der Waals surface area contributed by atoms with Gasteiger partial charge < -0.3 is 15.2 Å². The third-order valence-corrected chi connectivity index (χ3v) is 5.58. The molecule has 0 saturated heterocycles. The number of nitrogens with one attached hydrogen (secondary N) is 2. The Hall–Kier alpha value is -4.45. The Bertz CT molecular complexity index is 1340. The van der Waals surface area contributed by atoms with Crippen LogP contribution in [0, 0.1) is 10.1 Å². The summed E-state index contributed by atoms with van der Waals surface area (Å²) in [5.41, 5.74) is -1.39. The molecule has 0 spiro atoms. The number of aromatic carboxylic acids is 1. The smallest absolute Gasteiger partial charge is 0.335 e. The van der Waals surface area contributed by atoms with Crippen LogP contribution in [0.25, 0.3) is 0 Å². The maximum absolute atomic E-state index is 13.3. The summed E-state index contributed by atoms with van der Waals surface area (Å²) in [6.45, 7) is 1.23. The maximum atomic E-state index is 13.3. The third-order valence-electron chi connectivity index (χ3n) is 4.21. The molecule has 11 nitrogen and oxygen atoms in total. The Labute approximate surface area is 187 Å². The number of carboxylic acid groups (broad SMARTS) is 1. The second kappa shape index (κ2) is 9.36. The summed E-state index contributed by atoms with van der Waals surface area (Å²) in [4.78, 5) is 32.9. The number of amides is 1. The van der Waals surface area contributed by atoms with Gasteiger partial charge in [0.1, 0.15) is 10.6 Å². The van der Waals surface area contributed by atoms with Crippen molar-refractivity contribution in [3.63, 3.8) is 0 Å². The fourth-order valence-corrected chi connectivity index (χ4v) is 4.08. The van der Waals surface area contributed by atoms with Gasteiger partial charge in [-0.05, 0) is 30.3 Å². The highest BCUT2D eigenvalue weighted by Gasteiger charge is 2.31. The van der Waals surface area contributed by atoms with Gasteiger partial charge in [-0.15, -0.1) is 0 Å². The van der Waals surface area contributed by atoms with Crippen LogP contribution in [-0.2, 0) is 14.8 Å². The minimum atomic E-state index is -4.63.